The zero-order valence-electron chi connectivity index (χ0n) is 11.0. The molecular formula is C13H18N4O2. The van der Waals surface area contributed by atoms with Crippen LogP contribution in [-0.2, 0) is 0 Å². The number of aryl methyl sites for hydroxylation is 1. The van der Waals surface area contributed by atoms with Crippen LogP contribution in [0.3, 0.4) is 0 Å². The highest BCUT2D eigenvalue weighted by Crippen LogP contribution is 2.30. The molecule has 1 N–H and O–H groups in total. The predicted octanol–water partition coefficient (Wildman–Crippen LogP) is 1.80. The van der Waals surface area contributed by atoms with Gasteiger partial charge < -0.3 is 10.2 Å². The van der Waals surface area contributed by atoms with Gasteiger partial charge in [-0.3, -0.25) is 10.1 Å². The molecule has 1 aromatic heterocycles. The van der Waals surface area contributed by atoms with Gasteiger partial charge in [-0.1, -0.05) is 0 Å². The van der Waals surface area contributed by atoms with E-state index in [9.17, 15) is 10.1 Å². The average Bonchev–Trinajstić information content (AvgIpc) is 2.39. The van der Waals surface area contributed by atoms with E-state index in [1.807, 2.05) is 0 Å². The van der Waals surface area contributed by atoms with Gasteiger partial charge in [0, 0.05) is 18.2 Å². The summed E-state index contributed by atoms with van der Waals surface area (Å²) >= 11 is 0. The second kappa shape index (κ2) is 4.77. The Labute approximate surface area is 112 Å². The van der Waals surface area contributed by atoms with Crippen molar-refractivity contribution < 1.29 is 4.92 Å². The third-order valence-corrected chi connectivity index (χ3v) is 4.27. The van der Waals surface area contributed by atoms with Crippen LogP contribution in [0.5, 0.6) is 0 Å². The second-order valence-electron chi connectivity index (χ2n) is 5.50. The molecule has 4 rings (SSSR count). The fraction of sp³-hybridized carbons (Fsp3) is 0.615. The Morgan fingerprint density at radius 1 is 1.47 bits per heavy atom. The normalized spacial score (nSPS) is 29.2. The molecule has 3 aliphatic heterocycles. The zero-order valence-corrected chi connectivity index (χ0v) is 11.0. The van der Waals surface area contributed by atoms with Crippen LogP contribution in [0.2, 0.25) is 0 Å². The molecule has 4 heterocycles. The number of rotatable bonds is 3. The second-order valence-corrected chi connectivity index (χ2v) is 5.50. The largest absolute Gasteiger partial charge is 0.366 e. The number of hydrogen-bond acceptors (Lipinski definition) is 5. The molecular weight excluding hydrogens is 244 g/mol. The standard InChI is InChI=1S/C13H18N4O2/c1-9-6-13(14-7-12(9)17(18)19)15-11-8-16-4-2-10(11)3-5-16/h6-7,10-11H,2-5,8H2,1H3,(H,14,15). The lowest BCUT2D eigenvalue weighted by Crippen LogP contribution is -2.53. The summed E-state index contributed by atoms with van der Waals surface area (Å²) in [6.07, 6.45) is 3.83. The fourth-order valence-electron chi connectivity index (χ4n) is 3.14. The summed E-state index contributed by atoms with van der Waals surface area (Å²) in [4.78, 5) is 17.0. The lowest BCUT2D eigenvalue weighted by Gasteiger charge is -2.45. The molecule has 6 heteroatoms. The molecule has 3 saturated heterocycles. The van der Waals surface area contributed by atoms with Crippen molar-refractivity contribution in [3.05, 3.63) is 27.9 Å². The number of nitrogens with zero attached hydrogens (tertiary/aromatic N) is 3. The van der Waals surface area contributed by atoms with Crippen molar-refractivity contribution in [2.24, 2.45) is 5.92 Å². The lowest BCUT2D eigenvalue weighted by molar-refractivity contribution is -0.385. The number of pyridine rings is 1. The first-order chi connectivity index (χ1) is 9.13. The van der Waals surface area contributed by atoms with Crippen LogP contribution in [0, 0.1) is 23.0 Å². The van der Waals surface area contributed by atoms with Gasteiger partial charge in [0.05, 0.1) is 4.92 Å². The smallest absolute Gasteiger partial charge is 0.290 e. The van der Waals surface area contributed by atoms with E-state index >= 15 is 0 Å². The predicted molar refractivity (Wildman–Crippen MR) is 72.2 cm³/mol. The van der Waals surface area contributed by atoms with Gasteiger partial charge in [-0.2, -0.15) is 0 Å². The van der Waals surface area contributed by atoms with E-state index < -0.39 is 0 Å². The summed E-state index contributed by atoms with van der Waals surface area (Å²) in [5.41, 5.74) is 0.739. The maximum atomic E-state index is 10.8. The molecule has 102 valence electrons. The molecule has 0 radical (unpaired) electrons. The monoisotopic (exact) mass is 262 g/mol. The minimum Gasteiger partial charge on any atom is -0.366 e. The molecule has 6 nitrogen and oxygen atoms in total. The summed E-state index contributed by atoms with van der Waals surface area (Å²) in [6.45, 7) is 5.22. The Morgan fingerprint density at radius 2 is 2.21 bits per heavy atom. The highest BCUT2D eigenvalue weighted by atomic mass is 16.6. The number of anilines is 1. The summed E-state index contributed by atoms with van der Waals surface area (Å²) < 4.78 is 0. The van der Waals surface area contributed by atoms with Gasteiger partial charge in [0.2, 0.25) is 0 Å². The van der Waals surface area contributed by atoms with Gasteiger partial charge in [-0.25, -0.2) is 4.98 Å². The van der Waals surface area contributed by atoms with Crippen molar-refractivity contribution in [1.82, 2.24) is 9.88 Å². The first kappa shape index (κ1) is 12.3. The Bertz CT molecular complexity index is 497. The molecule has 0 aliphatic carbocycles. The van der Waals surface area contributed by atoms with Gasteiger partial charge in [-0.15, -0.1) is 0 Å². The zero-order chi connectivity index (χ0) is 13.4. The summed E-state index contributed by atoms with van der Waals surface area (Å²) in [5.74, 6) is 1.46. The van der Waals surface area contributed by atoms with Crippen LogP contribution in [0.1, 0.15) is 18.4 Å². The third-order valence-electron chi connectivity index (χ3n) is 4.27. The molecule has 3 aliphatic rings. The molecule has 1 unspecified atom stereocenters. The number of nitrogens with one attached hydrogen (secondary N) is 1. The van der Waals surface area contributed by atoms with Crippen molar-refractivity contribution in [3.63, 3.8) is 0 Å². The Hall–Kier alpha value is -1.69. The Kier molecular flexibility index (Phi) is 3.10. The van der Waals surface area contributed by atoms with Crippen molar-refractivity contribution in [1.29, 1.82) is 0 Å². The number of hydrogen-bond donors (Lipinski definition) is 1. The van der Waals surface area contributed by atoms with Gasteiger partial charge in [-0.05, 0) is 44.8 Å². The van der Waals surface area contributed by atoms with Crippen molar-refractivity contribution in [2.75, 3.05) is 25.0 Å². The lowest BCUT2D eigenvalue weighted by atomic mass is 9.84. The SMILES string of the molecule is Cc1cc(NC2CN3CCC2CC3)ncc1[N+](=O)[O-]. The van der Waals surface area contributed by atoms with Crippen LogP contribution in [0.4, 0.5) is 11.5 Å². The number of piperidine rings is 3. The maximum Gasteiger partial charge on any atom is 0.290 e. The van der Waals surface area contributed by atoms with E-state index in [-0.39, 0.29) is 10.6 Å². The summed E-state index contributed by atoms with van der Waals surface area (Å²) in [5, 5.41) is 14.2. The maximum absolute atomic E-state index is 10.8. The van der Waals surface area contributed by atoms with Crippen LogP contribution in [-0.4, -0.2) is 40.5 Å². The Morgan fingerprint density at radius 3 is 2.74 bits per heavy atom. The first-order valence-corrected chi connectivity index (χ1v) is 6.73. The van der Waals surface area contributed by atoms with Crippen LogP contribution in [0.15, 0.2) is 12.3 Å². The molecule has 3 fully saturated rings. The van der Waals surface area contributed by atoms with E-state index in [4.69, 9.17) is 0 Å². The molecule has 1 aromatic rings. The minimum absolute atomic E-state index is 0.0828. The molecule has 0 amide bonds. The topological polar surface area (TPSA) is 71.3 Å². The van der Waals surface area contributed by atoms with Gasteiger partial charge in [0.25, 0.3) is 5.69 Å². The van der Waals surface area contributed by atoms with Gasteiger partial charge >= 0.3 is 0 Å². The summed E-state index contributed by atoms with van der Waals surface area (Å²) in [7, 11) is 0. The van der Waals surface area contributed by atoms with Crippen LogP contribution in [0.25, 0.3) is 0 Å². The van der Waals surface area contributed by atoms with Gasteiger partial charge in [0.1, 0.15) is 12.0 Å². The molecule has 0 spiro atoms. The van der Waals surface area contributed by atoms with Crippen molar-refractivity contribution >= 4 is 11.5 Å². The van der Waals surface area contributed by atoms with E-state index in [1.54, 1.807) is 13.0 Å². The molecule has 19 heavy (non-hydrogen) atoms. The van der Waals surface area contributed by atoms with Crippen molar-refractivity contribution in [2.45, 2.75) is 25.8 Å². The number of nitro groups is 1. The minimum atomic E-state index is -0.389. The van der Waals surface area contributed by atoms with E-state index in [1.165, 1.54) is 32.1 Å². The van der Waals surface area contributed by atoms with Crippen molar-refractivity contribution in [3.8, 4) is 0 Å². The van der Waals surface area contributed by atoms with Crippen LogP contribution >= 0.6 is 0 Å². The van der Waals surface area contributed by atoms with Crippen LogP contribution < -0.4 is 5.32 Å². The highest BCUT2D eigenvalue weighted by molar-refractivity contribution is 5.47. The molecule has 2 bridgehead atoms. The molecule has 0 saturated carbocycles. The summed E-state index contributed by atoms with van der Waals surface area (Å²) in [6, 6.07) is 2.20. The third kappa shape index (κ3) is 2.40. The Balaban J connectivity index is 1.73. The van der Waals surface area contributed by atoms with E-state index in [2.05, 4.69) is 15.2 Å². The molecule has 1 atom stereocenters. The average molecular weight is 262 g/mol. The van der Waals surface area contributed by atoms with E-state index in [0.29, 0.717) is 17.5 Å². The molecule has 0 aromatic carbocycles. The van der Waals surface area contributed by atoms with E-state index in [0.717, 1.165) is 12.4 Å². The fourth-order valence-corrected chi connectivity index (χ4v) is 3.14. The number of aromatic nitrogens is 1. The van der Waals surface area contributed by atoms with Gasteiger partial charge in [0.15, 0.2) is 0 Å². The quantitative estimate of drug-likeness (QED) is 0.664. The first-order valence-electron chi connectivity index (χ1n) is 6.73. The highest BCUT2D eigenvalue weighted by Gasteiger charge is 2.34. The number of fused-ring (bicyclic) bond motifs is 3.